The lowest BCUT2D eigenvalue weighted by atomic mass is 10.2. The summed E-state index contributed by atoms with van der Waals surface area (Å²) in [7, 11) is 1.90. The van der Waals surface area contributed by atoms with Crippen molar-refractivity contribution in [3.05, 3.63) is 59.9 Å². The first-order chi connectivity index (χ1) is 12.0. The van der Waals surface area contributed by atoms with Crippen LogP contribution in [0.25, 0.3) is 11.0 Å². The minimum atomic E-state index is -0.215. The summed E-state index contributed by atoms with van der Waals surface area (Å²) in [6, 6.07) is 15.6. The monoisotopic (exact) mass is 353 g/mol. The summed E-state index contributed by atoms with van der Waals surface area (Å²) >= 11 is 5.20. The van der Waals surface area contributed by atoms with E-state index < -0.39 is 0 Å². The number of hydrogen-bond donors (Lipinski definition) is 3. The summed E-state index contributed by atoms with van der Waals surface area (Å²) in [6.45, 7) is 1.98. The largest absolute Gasteiger partial charge is 0.331 e. The van der Waals surface area contributed by atoms with Crippen LogP contribution >= 0.6 is 12.2 Å². The Kier molecular flexibility index (Phi) is 4.95. The molecule has 0 radical (unpaired) electrons. The average Bonchev–Trinajstić information content (AvgIpc) is 2.91. The number of carbonyl (C=O) groups is 1. The highest BCUT2D eigenvalue weighted by atomic mass is 32.1. The Morgan fingerprint density at radius 3 is 2.60 bits per heavy atom. The number of para-hydroxylation sites is 3. The number of aromatic nitrogens is 2. The number of carbonyl (C=O) groups excluding carboxylic acids is 1. The van der Waals surface area contributed by atoms with E-state index in [2.05, 4.69) is 21.2 Å². The summed E-state index contributed by atoms with van der Waals surface area (Å²) in [4.78, 5) is 16.6. The average molecular weight is 353 g/mol. The Bertz CT molecular complexity index is 934. The number of nitrogens with one attached hydrogen (secondary N) is 3. The lowest BCUT2D eigenvalue weighted by molar-refractivity contribution is -0.121. The van der Waals surface area contributed by atoms with Gasteiger partial charge in [-0.15, -0.1) is 0 Å². The van der Waals surface area contributed by atoms with Crippen molar-refractivity contribution < 1.29 is 4.79 Å². The van der Waals surface area contributed by atoms with E-state index in [4.69, 9.17) is 12.2 Å². The molecule has 1 heterocycles. The van der Waals surface area contributed by atoms with E-state index in [1.165, 1.54) is 0 Å². The van der Waals surface area contributed by atoms with Crippen LogP contribution in [0.5, 0.6) is 0 Å². The number of fused-ring (bicyclic) bond motifs is 1. The van der Waals surface area contributed by atoms with Crippen molar-refractivity contribution in [1.29, 1.82) is 0 Å². The molecule has 3 aromatic rings. The molecule has 0 fully saturated rings. The second-order valence-electron chi connectivity index (χ2n) is 5.69. The molecule has 0 unspecified atom stereocenters. The SMILES string of the molecule is Cc1ccccc1NC(=S)NNC(=O)Cc1nc2ccccc2n1C. The molecule has 0 bridgehead atoms. The van der Waals surface area contributed by atoms with Gasteiger partial charge in [0.2, 0.25) is 5.91 Å². The number of aryl methyl sites for hydroxylation is 2. The van der Waals surface area contributed by atoms with E-state index in [0.717, 1.165) is 22.3 Å². The molecule has 1 amide bonds. The summed E-state index contributed by atoms with van der Waals surface area (Å²) in [5.41, 5.74) is 9.14. The van der Waals surface area contributed by atoms with Crippen molar-refractivity contribution in [1.82, 2.24) is 20.4 Å². The number of hydrogen-bond acceptors (Lipinski definition) is 3. The molecule has 6 nitrogen and oxygen atoms in total. The first-order valence-corrected chi connectivity index (χ1v) is 8.27. The minimum absolute atomic E-state index is 0.158. The van der Waals surface area contributed by atoms with Gasteiger partial charge in [0.1, 0.15) is 5.82 Å². The first kappa shape index (κ1) is 16.9. The van der Waals surface area contributed by atoms with Crippen molar-refractivity contribution >= 4 is 40.0 Å². The Labute approximate surface area is 151 Å². The van der Waals surface area contributed by atoms with Crippen LogP contribution < -0.4 is 16.2 Å². The molecule has 3 rings (SSSR count). The molecule has 1 aromatic heterocycles. The Hall–Kier alpha value is -2.93. The van der Waals surface area contributed by atoms with E-state index in [1.54, 1.807) is 0 Å². The highest BCUT2D eigenvalue weighted by molar-refractivity contribution is 7.80. The topological polar surface area (TPSA) is 71.0 Å². The highest BCUT2D eigenvalue weighted by Gasteiger charge is 2.11. The van der Waals surface area contributed by atoms with Crippen molar-refractivity contribution in [2.24, 2.45) is 7.05 Å². The molecule has 0 aliphatic carbocycles. The zero-order valence-corrected chi connectivity index (χ0v) is 14.9. The van der Waals surface area contributed by atoms with E-state index in [-0.39, 0.29) is 12.3 Å². The first-order valence-electron chi connectivity index (χ1n) is 7.86. The number of benzene rings is 2. The molecule has 7 heteroatoms. The quantitative estimate of drug-likeness (QED) is 0.498. The van der Waals surface area contributed by atoms with Crippen LogP contribution in [0, 0.1) is 6.92 Å². The van der Waals surface area contributed by atoms with E-state index in [0.29, 0.717) is 10.9 Å². The van der Waals surface area contributed by atoms with Gasteiger partial charge in [-0.3, -0.25) is 15.6 Å². The van der Waals surface area contributed by atoms with E-state index in [9.17, 15) is 4.79 Å². The fourth-order valence-corrected chi connectivity index (χ4v) is 2.70. The van der Waals surface area contributed by atoms with E-state index >= 15 is 0 Å². The predicted molar refractivity (Wildman–Crippen MR) is 103 cm³/mol. The smallest absolute Gasteiger partial charge is 0.245 e. The number of anilines is 1. The van der Waals surface area contributed by atoms with Crippen molar-refractivity contribution in [3.63, 3.8) is 0 Å². The number of rotatable bonds is 3. The molecule has 0 saturated carbocycles. The second-order valence-corrected chi connectivity index (χ2v) is 6.10. The van der Waals surface area contributed by atoms with Gasteiger partial charge in [0, 0.05) is 12.7 Å². The van der Waals surface area contributed by atoms with Crippen LogP contribution in [0.4, 0.5) is 5.69 Å². The standard InChI is InChI=1S/C18H19N5OS/c1-12-7-3-4-8-13(12)20-18(25)22-21-17(24)11-16-19-14-9-5-6-10-15(14)23(16)2/h3-10H,11H2,1-2H3,(H,21,24)(H2,20,22,25). The van der Waals surface area contributed by atoms with Gasteiger partial charge in [-0.1, -0.05) is 30.3 Å². The van der Waals surface area contributed by atoms with Gasteiger partial charge in [-0.05, 0) is 42.9 Å². The molecular formula is C18H19N5OS. The third kappa shape index (κ3) is 3.95. The maximum atomic E-state index is 12.2. The lowest BCUT2D eigenvalue weighted by Gasteiger charge is -2.13. The van der Waals surface area contributed by atoms with Gasteiger partial charge in [0.05, 0.1) is 17.5 Å². The second kappa shape index (κ2) is 7.31. The van der Waals surface area contributed by atoms with Crippen LogP contribution in [0.15, 0.2) is 48.5 Å². The summed E-state index contributed by atoms with van der Waals surface area (Å²) < 4.78 is 1.92. The summed E-state index contributed by atoms with van der Waals surface area (Å²) in [5.74, 6) is 0.477. The number of amides is 1. The molecule has 25 heavy (non-hydrogen) atoms. The molecule has 0 spiro atoms. The zero-order valence-electron chi connectivity index (χ0n) is 14.0. The molecule has 0 atom stereocenters. The van der Waals surface area contributed by atoms with Gasteiger partial charge in [0.15, 0.2) is 5.11 Å². The van der Waals surface area contributed by atoms with Gasteiger partial charge < -0.3 is 9.88 Å². The molecule has 3 N–H and O–H groups in total. The molecule has 2 aromatic carbocycles. The maximum Gasteiger partial charge on any atom is 0.245 e. The number of thiocarbonyl (C=S) groups is 1. The van der Waals surface area contributed by atoms with Gasteiger partial charge >= 0.3 is 0 Å². The number of imidazole rings is 1. The number of hydrazine groups is 1. The predicted octanol–water partition coefficient (Wildman–Crippen LogP) is 2.44. The molecule has 0 aliphatic rings. The van der Waals surface area contributed by atoms with E-state index in [1.807, 2.05) is 67.1 Å². The zero-order chi connectivity index (χ0) is 17.8. The molecule has 0 aliphatic heterocycles. The minimum Gasteiger partial charge on any atom is -0.331 e. The lowest BCUT2D eigenvalue weighted by Crippen LogP contribution is -2.44. The Morgan fingerprint density at radius 2 is 1.84 bits per heavy atom. The fourth-order valence-electron chi connectivity index (χ4n) is 2.53. The third-order valence-corrected chi connectivity index (χ3v) is 4.11. The van der Waals surface area contributed by atoms with Crippen LogP contribution in [0.3, 0.4) is 0 Å². The van der Waals surface area contributed by atoms with Crippen molar-refractivity contribution in [2.75, 3.05) is 5.32 Å². The van der Waals surface area contributed by atoms with Crippen molar-refractivity contribution in [3.8, 4) is 0 Å². The normalized spacial score (nSPS) is 10.5. The Morgan fingerprint density at radius 1 is 1.12 bits per heavy atom. The van der Waals surface area contributed by atoms with Crippen LogP contribution in [0.1, 0.15) is 11.4 Å². The van der Waals surface area contributed by atoms with Crippen LogP contribution in [-0.4, -0.2) is 20.6 Å². The number of nitrogens with zero attached hydrogens (tertiary/aromatic N) is 2. The van der Waals surface area contributed by atoms with Gasteiger partial charge in [-0.25, -0.2) is 4.98 Å². The van der Waals surface area contributed by atoms with Crippen molar-refractivity contribution in [2.45, 2.75) is 13.3 Å². The fraction of sp³-hybridized carbons (Fsp3) is 0.167. The summed E-state index contributed by atoms with van der Waals surface area (Å²) in [6.07, 6.45) is 0.158. The highest BCUT2D eigenvalue weighted by Crippen LogP contribution is 2.14. The maximum absolute atomic E-state index is 12.2. The molecule has 128 valence electrons. The Balaban J connectivity index is 1.56. The third-order valence-electron chi connectivity index (χ3n) is 3.91. The van der Waals surface area contributed by atoms with Crippen LogP contribution in [-0.2, 0) is 18.3 Å². The van der Waals surface area contributed by atoms with Gasteiger partial charge in [-0.2, -0.15) is 0 Å². The van der Waals surface area contributed by atoms with Gasteiger partial charge in [0.25, 0.3) is 0 Å². The summed E-state index contributed by atoms with van der Waals surface area (Å²) in [5, 5.41) is 3.37. The molecular weight excluding hydrogens is 334 g/mol. The molecule has 0 saturated heterocycles. The van der Waals surface area contributed by atoms with Crippen LogP contribution in [0.2, 0.25) is 0 Å².